The van der Waals surface area contributed by atoms with Crippen molar-refractivity contribution in [3.05, 3.63) is 0 Å². The van der Waals surface area contributed by atoms with E-state index in [1.807, 2.05) is 0 Å². The Balaban J connectivity index is 1.74. The number of nitrogens with one attached hydrogen (secondary N) is 1. The molecular formula is C13H24N2O4S2. The van der Waals surface area contributed by atoms with Gasteiger partial charge in [0.25, 0.3) is 0 Å². The summed E-state index contributed by atoms with van der Waals surface area (Å²) in [6, 6.07) is 0.339. The van der Waals surface area contributed by atoms with Crippen LogP contribution in [-0.4, -0.2) is 63.1 Å². The van der Waals surface area contributed by atoms with E-state index in [9.17, 15) is 16.8 Å². The number of sulfonamides is 1. The number of sulfone groups is 1. The molecule has 3 aliphatic rings. The maximum atomic E-state index is 12.9. The Hall–Kier alpha value is -0.180. The molecular weight excluding hydrogens is 312 g/mol. The van der Waals surface area contributed by atoms with Gasteiger partial charge in [-0.2, -0.15) is 4.31 Å². The molecule has 6 nitrogen and oxygen atoms in total. The van der Waals surface area contributed by atoms with Crippen molar-refractivity contribution in [1.82, 2.24) is 9.62 Å². The van der Waals surface area contributed by atoms with Crippen molar-refractivity contribution in [1.29, 1.82) is 0 Å². The number of hydrogen-bond donors (Lipinski definition) is 1. The third-order valence-electron chi connectivity index (χ3n) is 5.06. The van der Waals surface area contributed by atoms with Crippen molar-refractivity contribution in [3.8, 4) is 0 Å². The monoisotopic (exact) mass is 336 g/mol. The van der Waals surface area contributed by atoms with Crippen LogP contribution in [0.15, 0.2) is 0 Å². The molecule has 2 unspecified atom stereocenters. The Bertz CT molecular complexity index is 567. The lowest BCUT2D eigenvalue weighted by Gasteiger charge is -2.33. The molecule has 0 saturated carbocycles. The fourth-order valence-electron chi connectivity index (χ4n) is 3.88. The second-order valence-corrected chi connectivity index (χ2v) is 10.9. The van der Waals surface area contributed by atoms with Gasteiger partial charge in [-0.1, -0.05) is 0 Å². The molecule has 122 valence electrons. The van der Waals surface area contributed by atoms with Crippen molar-refractivity contribution in [2.75, 3.05) is 24.6 Å². The van der Waals surface area contributed by atoms with Gasteiger partial charge in [0, 0.05) is 18.6 Å². The Kier molecular flexibility index (Phi) is 4.33. The smallest absolute Gasteiger partial charge is 0.217 e. The second kappa shape index (κ2) is 5.79. The summed E-state index contributed by atoms with van der Waals surface area (Å²) in [7, 11) is -6.39. The Morgan fingerprint density at radius 3 is 2.33 bits per heavy atom. The maximum Gasteiger partial charge on any atom is 0.217 e. The van der Waals surface area contributed by atoms with Crippen molar-refractivity contribution in [2.45, 2.75) is 55.9 Å². The number of hydrogen-bond acceptors (Lipinski definition) is 5. The van der Waals surface area contributed by atoms with Crippen LogP contribution in [0.4, 0.5) is 0 Å². The fourth-order valence-corrected chi connectivity index (χ4v) is 7.90. The van der Waals surface area contributed by atoms with Crippen LogP contribution in [-0.2, 0) is 19.9 Å². The first-order chi connectivity index (χ1) is 9.90. The maximum absolute atomic E-state index is 12.9. The lowest BCUT2D eigenvalue weighted by Crippen LogP contribution is -2.50. The van der Waals surface area contributed by atoms with E-state index in [4.69, 9.17) is 0 Å². The first kappa shape index (κ1) is 15.7. The molecule has 0 bridgehead atoms. The minimum atomic E-state index is -3.37. The van der Waals surface area contributed by atoms with E-state index >= 15 is 0 Å². The molecule has 0 spiro atoms. The van der Waals surface area contributed by atoms with Crippen LogP contribution in [0.5, 0.6) is 0 Å². The number of rotatable bonds is 3. The highest BCUT2D eigenvalue weighted by Gasteiger charge is 2.44. The van der Waals surface area contributed by atoms with E-state index < -0.39 is 25.1 Å². The molecule has 3 saturated heterocycles. The van der Waals surface area contributed by atoms with Crippen molar-refractivity contribution in [3.63, 3.8) is 0 Å². The van der Waals surface area contributed by atoms with Gasteiger partial charge in [-0.25, -0.2) is 16.8 Å². The van der Waals surface area contributed by atoms with Gasteiger partial charge in [0.05, 0.1) is 16.8 Å². The van der Waals surface area contributed by atoms with Gasteiger partial charge in [0.1, 0.15) is 9.84 Å². The first-order valence-electron chi connectivity index (χ1n) is 7.85. The van der Waals surface area contributed by atoms with Crippen molar-refractivity contribution < 1.29 is 16.8 Å². The highest BCUT2D eigenvalue weighted by atomic mass is 32.2. The number of nitrogens with zero attached hydrogens (tertiary/aromatic N) is 1. The van der Waals surface area contributed by atoms with Gasteiger partial charge in [-0.05, 0) is 45.1 Å². The topological polar surface area (TPSA) is 83.5 Å². The zero-order valence-corrected chi connectivity index (χ0v) is 13.8. The first-order valence-corrected chi connectivity index (χ1v) is 11.2. The molecule has 0 amide bonds. The molecule has 0 radical (unpaired) electrons. The highest BCUT2D eigenvalue weighted by Crippen LogP contribution is 2.31. The van der Waals surface area contributed by atoms with Gasteiger partial charge in [0.15, 0.2) is 0 Å². The Morgan fingerprint density at radius 1 is 1.00 bits per heavy atom. The van der Waals surface area contributed by atoms with Gasteiger partial charge < -0.3 is 5.32 Å². The summed E-state index contributed by atoms with van der Waals surface area (Å²) < 4.78 is 50.4. The van der Waals surface area contributed by atoms with E-state index in [1.165, 1.54) is 0 Å². The molecule has 0 aromatic carbocycles. The quantitative estimate of drug-likeness (QED) is 0.791. The van der Waals surface area contributed by atoms with Crippen LogP contribution in [0.25, 0.3) is 0 Å². The van der Waals surface area contributed by atoms with E-state index in [1.54, 1.807) is 4.31 Å². The summed E-state index contributed by atoms with van der Waals surface area (Å²) in [6.45, 7) is 1.56. The Morgan fingerprint density at radius 2 is 1.71 bits per heavy atom. The van der Waals surface area contributed by atoms with Crippen molar-refractivity contribution in [2.24, 2.45) is 0 Å². The second-order valence-electron chi connectivity index (χ2n) is 6.42. The van der Waals surface area contributed by atoms with E-state index in [2.05, 4.69) is 5.32 Å². The zero-order chi connectivity index (χ0) is 15.1. The summed E-state index contributed by atoms with van der Waals surface area (Å²) in [5, 5.41) is 2.90. The largest absolute Gasteiger partial charge is 0.312 e. The minimum absolute atomic E-state index is 0.0110. The van der Waals surface area contributed by atoms with Crippen LogP contribution in [0.1, 0.15) is 38.5 Å². The summed E-state index contributed by atoms with van der Waals surface area (Å²) in [5.41, 5.74) is 0. The normalized spacial score (nSPS) is 35.2. The average molecular weight is 336 g/mol. The van der Waals surface area contributed by atoms with Gasteiger partial charge in [0.2, 0.25) is 10.0 Å². The Labute approximate surface area is 127 Å². The molecule has 2 atom stereocenters. The van der Waals surface area contributed by atoms with Crippen LogP contribution < -0.4 is 5.32 Å². The third kappa shape index (κ3) is 3.13. The molecule has 8 heteroatoms. The third-order valence-corrected chi connectivity index (χ3v) is 9.20. The molecule has 1 N–H and O–H groups in total. The predicted molar refractivity (Wildman–Crippen MR) is 81.3 cm³/mol. The predicted octanol–water partition coefficient (Wildman–Crippen LogP) is 0.110. The standard InChI is InChI=1S/C13H24N2O4S2/c16-20(17)9-5-11(6-10-20)21(18,19)15-8-2-4-13(15)12-3-1-7-14-12/h11-14H,1-10H2. The molecule has 3 fully saturated rings. The van der Waals surface area contributed by atoms with Crippen LogP contribution in [0, 0.1) is 0 Å². The lowest BCUT2D eigenvalue weighted by atomic mass is 10.1. The molecule has 0 aliphatic carbocycles. The summed E-state index contributed by atoms with van der Waals surface area (Å²) in [4.78, 5) is 0. The molecule has 3 aliphatic heterocycles. The fraction of sp³-hybridized carbons (Fsp3) is 1.00. The van der Waals surface area contributed by atoms with E-state index in [0.29, 0.717) is 6.54 Å². The van der Waals surface area contributed by atoms with Crippen LogP contribution in [0.2, 0.25) is 0 Å². The van der Waals surface area contributed by atoms with Gasteiger partial charge >= 0.3 is 0 Å². The molecule has 0 aromatic rings. The van der Waals surface area contributed by atoms with E-state index in [0.717, 1.165) is 32.2 Å². The average Bonchev–Trinajstić information content (AvgIpc) is 3.09. The van der Waals surface area contributed by atoms with Gasteiger partial charge in [-0.15, -0.1) is 0 Å². The zero-order valence-electron chi connectivity index (χ0n) is 12.2. The summed E-state index contributed by atoms with van der Waals surface area (Å²) in [5.74, 6) is 0.0220. The molecule has 3 heterocycles. The van der Waals surface area contributed by atoms with Gasteiger partial charge in [-0.3, -0.25) is 0 Å². The van der Waals surface area contributed by atoms with Crippen molar-refractivity contribution >= 4 is 19.9 Å². The molecule has 21 heavy (non-hydrogen) atoms. The van der Waals surface area contributed by atoms with Crippen LogP contribution >= 0.6 is 0 Å². The molecule has 3 rings (SSSR count). The lowest BCUT2D eigenvalue weighted by molar-refractivity contribution is 0.317. The van der Waals surface area contributed by atoms with E-state index in [-0.39, 0.29) is 36.4 Å². The summed E-state index contributed by atoms with van der Waals surface area (Å²) in [6.07, 6.45) is 4.49. The highest BCUT2D eigenvalue weighted by molar-refractivity contribution is 7.92. The van der Waals surface area contributed by atoms with Crippen LogP contribution in [0.3, 0.4) is 0 Å². The molecule has 0 aromatic heterocycles. The summed E-state index contributed by atoms with van der Waals surface area (Å²) >= 11 is 0. The minimum Gasteiger partial charge on any atom is -0.312 e. The SMILES string of the molecule is O=S1(=O)CCC(S(=O)(=O)N2CCCC2C2CCCN2)CC1.